The van der Waals surface area contributed by atoms with E-state index in [9.17, 15) is 38.8 Å². The molecule has 1 aliphatic rings. The fourth-order valence-corrected chi connectivity index (χ4v) is 4.24. The van der Waals surface area contributed by atoms with Gasteiger partial charge in [0.05, 0.1) is 6.61 Å². The topological polar surface area (TPSA) is 154 Å². The Hall–Kier alpha value is -2.55. The third kappa shape index (κ3) is 6.18. The largest absolute Gasteiger partial charge is 0.394 e. The van der Waals surface area contributed by atoms with Crippen molar-refractivity contribution in [1.82, 2.24) is 4.57 Å². The average molecular weight is 516 g/mol. The van der Waals surface area contributed by atoms with Crippen LogP contribution in [0.3, 0.4) is 0 Å². The molecule has 0 bridgehead atoms. The number of nitrogens with one attached hydrogen (secondary N) is 1. The van der Waals surface area contributed by atoms with E-state index >= 15 is 0 Å². The number of halogens is 2. The van der Waals surface area contributed by atoms with Gasteiger partial charge in [0.2, 0.25) is 5.91 Å². The van der Waals surface area contributed by atoms with E-state index in [4.69, 9.17) is 4.74 Å². The van der Waals surface area contributed by atoms with Gasteiger partial charge in [-0.05, 0) is 17.5 Å². The van der Waals surface area contributed by atoms with Gasteiger partial charge in [-0.25, -0.2) is 8.78 Å². The SMILES string of the molecule is CC(C)(C)CC(=O)Nc1c(F)cc(C(=O)N=c2sccn2C2OC(CO)C(O)C(O)C2O)cc1F. The summed E-state index contributed by atoms with van der Waals surface area (Å²) in [6.45, 7) is 4.74. The summed E-state index contributed by atoms with van der Waals surface area (Å²) in [5, 5.41) is 43.3. The van der Waals surface area contributed by atoms with Crippen molar-refractivity contribution in [2.75, 3.05) is 11.9 Å². The van der Waals surface area contributed by atoms with E-state index in [-0.39, 0.29) is 11.2 Å². The molecule has 2 heterocycles. The minimum absolute atomic E-state index is 0.0260. The average Bonchev–Trinajstić information content (AvgIpc) is 3.21. The molecule has 5 N–H and O–H groups in total. The first kappa shape index (κ1) is 27.0. The maximum atomic E-state index is 14.5. The molecule has 10 nitrogen and oxygen atoms in total. The van der Waals surface area contributed by atoms with E-state index in [0.717, 1.165) is 23.5 Å². The smallest absolute Gasteiger partial charge is 0.279 e. The zero-order chi connectivity index (χ0) is 26.1. The van der Waals surface area contributed by atoms with Crippen LogP contribution in [0.25, 0.3) is 0 Å². The van der Waals surface area contributed by atoms with E-state index < -0.39 is 77.4 Å². The Bertz CT molecular complexity index is 1140. The molecule has 1 aromatic heterocycles. The Morgan fingerprint density at radius 2 is 1.77 bits per heavy atom. The first-order valence-electron chi connectivity index (χ1n) is 10.7. The molecule has 1 fully saturated rings. The van der Waals surface area contributed by atoms with Crippen molar-refractivity contribution >= 4 is 28.8 Å². The molecule has 192 valence electrons. The van der Waals surface area contributed by atoms with Gasteiger partial charge in [-0.1, -0.05) is 20.8 Å². The fourth-order valence-electron chi connectivity index (χ4n) is 3.50. The lowest BCUT2D eigenvalue weighted by Gasteiger charge is -2.40. The quantitative estimate of drug-likeness (QED) is 0.397. The molecule has 1 saturated heterocycles. The number of hydrogen-bond donors (Lipinski definition) is 5. The first-order valence-corrected chi connectivity index (χ1v) is 11.5. The Balaban J connectivity index is 1.87. The summed E-state index contributed by atoms with van der Waals surface area (Å²) in [5.41, 5.74) is -1.51. The third-order valence-electron chi connectivity index (χ3n) is 5.20. The molecule has 0 aliphatic carbocycles. The van der Waals surface area contributed by atoms with Gasteiger partial charge in [0, 0.05) is 23.6 Å². The second-order valence-electron chi connectivity index (χ2n) is 9.33. The minimum Gasteiger partial charge on any atom is -0.394 e. The monoisotopic (exact) mass is 515 g/mol. The number of carbonyl (C=O) groups is 2. The second kappa shape index (κ2) is 10.6. The van der Waals surface area contributed by atoms with Gasteiger partial charge < -0.3 is 30.5 Å². The summed E-state index contributed by atoms with van der Waals surface area (Å²) in [6, 6.07) is 1.49. The number of anilines is 1. The van der Waals surface area contributed by atoms with Gasteiger partial charge in [0.1, 0.15) is 30.1 Å². The van der Waals surface area contributed by atoms with E-state index in [0.29, 0.717) is 0 Å². The summed E-state index contributed by atoms with van der Waals surface area (Å²) < 4.78 is 35.7. The van der Waals surface area contributed by atoms with E-state index in [1.807, 2.05) is 0 Å². The molecule has 3 rings (SSSR count). The molecule has 2 aromatic rings. The van der Waals surface area contributed by atoms with Crippen molar-refractivity contribution in [3.8, 4) is 0 Å². The van der Waals surface area contributed by atoms with Crippen molar-refractivity contribution < 1.29 is 43.5 Å². The van der Waals surface area contributed by atoms with Gasteiger partial charge in [-0.3, -0.25) is 14.2 Å². The fraction of sp³-hybridized carbons (Fsp3) is 0.500. The number of hydrogen-bond acceptors (Lipinski definition) is 8. The van der Waals surface area contributed by atoms with Crippen molar-refractivity contribution in [3.05, 3.63) is 45.7 Å². The Morgan fingerprint density at radius 3 is 2.34 bits per heavy atom. The van der Waals surface area contributed by atoms with Crippen molar-refractivity contribution in [3.63, 3.8) is 0 Å². The van der Waals surface area contributed by atoms with Crippen molar-refractivity contribution in [1.29, 1.82) is 0 Å². The minimum atomic E-state index is -1.65. The van der Waals surface area contributed by atoms with Gasteiger partial charge in [0.25, 0.3) is 5.91 Å². The molecule has 1 aromatic carbocycles. The van der Waals surface area contributed by atoms with Crippen LogP contribution in [0, 0.1) is 17.0 Å². The highest BCUT2D eigenvalue weighted by Gasteiger charge is 2.44. The summed E-state index contributed by atoms with van der Waals surface area (Å²) in [7, 11) is 0. The summed E-state index contributed by atoms with van der Waals surface area (Å²) in [6.07, 6.45) is -5.92. The number of carbonyl (C=O) groups excluding carboxylic acids is 2. The third-order valence-corrected chi connectivity index (χ3v) is 5.97. The Kier molecular flexibility index (Phi) is 8.19. The highest BCUT2D eigenvalue weighted by atomic mass is 32.1. The molecule has 0 radical (unpaired) electrons. The maximum Gasteiger partial charge on any atom is 0.279 e. The van der Waals surface area contributed by atoms with Crippen LogP contribution < -0.4 is 10.1 Å². The number of benzene rings is 1. The molecule has 1 aliphatic heterocycles. The molecule has 13 heteroatoms. The maximum absolute atomic E-state index is 14.5. The van der Waals surface area contributed by atoms with Crippen LogP contribution in [0.4, 0.5) is 14.5 Å². The van der Waals surface area contributed by atoms with E-state index in [1.165, 1.54) is 16.1 Å². The molecule has 2 amide bonds. The predicted molar refractivity (Wildman–Crippen MR) is 120 cm³/mol. The number of thiazole rings is 1. The Morgan fingerprint density at radius 1 is 1.14 bits per heavy atom. The molecular formula is C22H27F2N3O7S. The zero-order valence-electron chi connectivity index (χ0n) is 19.2. The van der Waals surface area contributed by atoms with Gasteiger partial charge >= 0.3 is 0 Å². The van der Waals surface area contributed by atoms with E-state index in [2.05, 4.69) is 10.3 Å². The number of aliphatic hydroxyl groups excluding tert-OH is 4. The van der Waals surface area contributed by atoms with Gasteiger partial charge in [-0.2, -0.15) is 4.99 Å². The number of rotatable bonds is 5. The highest BCUT2D eigenvalue weighted by molar-refractivity contribution is 7.07. The number of aliphatic hydroxyl groups is 4. The normalized spacial score (nSPS) is 25.5. The summed E-state index contributed by atoms with van der Waals surface area (Å²) in [5.74, 6) is -3.91. The van der Waals surface area contributed by atoms with E-state index in [1.54, 1.807) is 20.8 Å². The van der Waals surface area contributed by atoms with Crippen LogP contribution in [0.1, 0.15) is 43.8 Å². The first-order chi connectivity index (χ1) is 16.3. The zero-order valence-corrected chi connectivity index (χ0v) is 20.0. The number of nitrogens with zero attached hydrogens (tertiary/aromatic N) is 2. The molecule has 5 unspecified atom stereocenters. The lowest BCUT2D eigenvalue weighted by Crippen LogP contribution is -2.57. The van der Waals surface area contributed by atoms with Crippen LogP contribution in [-0.2, 0) is 9.53 Å². The number of ether oxygens (including phenoxy) is 1. The standard InChI is InChI=1S/C22H27F2N3O7S/c1-22(2,3)8-14(29)25-15-11(23)6-10(7-12(15)24)19(33)26-21-27(4-5-35-21)20-18(32)17(31)16(30)13(9-28)34-20/h4-7,13,16-18,20,28,30-32H,8-9H2,1-3H3,(H,25,29). The predicted octanol–water partition coefficient (Wildman–Crippen LogP) is 0.916. The van der Waals surface area contributed by atoms with Crippen molar-refractivity contribution in [2.24, 2.45) is 10.4 Å². The van der Waals surface area contributed by atoms with Crippen LogP contribution in [0.15, 0.2) is 28.7 Å². The molecule has 0 saturated carbocycles. The molecular weight excluding hydrogens is 488 g/mol. The lowest BCUT2D eigenvalue weighted by atomic mass is 9.92. The van der Waals surface area contributed by atoms with Crippen LogP contribution in [0.2, 0.25) is 0 Å². The van der Waals surface area contributed by atoms with Crippen molar-refractivity contribution in [2.45, 2.75) is 57.8 Å². The van der Waals surface area contributed by atoms with Crippen LogP contribution >= 0.6 is 11.3 Å². The molecule has 0 spiro atoms. The molecule has 5 atom stereocenters. The van der Waals surface area contributed by atoms with Crippen LogP contribution in [-0.4, -0.2) is 67.8 Å². The highest BCUT2D eigenvalue weighted by Crippen LogP contribution is 2.28. The lowest BCUT2D eigenvalue weighted by molar-refractivity contribution is -0.251. The number of aromatic nitrogens is 1. The number of amides is 2. The van der Waals surface area contributed by atoms with Gasteiger partial charge in [0.15, 0.2) is 22.7 Å². The summed E-state index contributed by atoms with van der Waals surface area (Å²) in [4.78, 5) is 28.5. The summed E-state index contributed by atoms with van der Waals surface area (Å²) >= 11 is 0.937. The van der Waals surface area contributed by atoms with Crippen LogP contribution in [0.5, 0.6) is 0 Å². The van der Waals surface area contributed by atoms with Gasteiger partial charge in [-0.15, -0.1) is 11.3 Å². The Labute approximate surface area is 203 Å². The molecule has 35 heavy (non-hydrogen) atoms. The second-order valence-corrected chi connectivity index (χ2v) is 10.2.